The number of benzene rings is 1. The van der Waals surface area contributed by atoms with Crippen LogP contribution in [0.2, 0.25) is 0 Å². The van der Waals surface area contributed by atoms with Crippen LogP contribution in [0.15, 0.2) is 12.1 Å². The number of aldehydes is 1. The summed E-state index contributed by atoms with van der Waals surface area (Å²) >= 11 is 0. The molecule has 19 heavy (non-hydrogen) atoms. The van der Waals surface area contributed by atoms with Crippen molar-refractivity contribution in [3.8, 4) is 0 Å². The number of rotatable bonds is 6. The highest BCUT2D eigenvalue weighted by atomic mass is 16.1. The third-order valence-corrected chi connectivity index (χ3v) is 3.58. The van der Waals surface area contributed by atoms with Crippen LogP contribution in [0.5, 0.6) is 0 Å². The molecule has 0 saturated carbocycles. The molecule has 3 nitrogen and oxygen atoms in total. The van der Waals surface area contributed by atoms with Gasteiger partial charge in [-0.05, 0) is 50.4 Å². The fraction of sp³-hybridized carbons (Fsp3) is 0.500. The normalized spacial score (nSPS) is 13.9. The molecule has 0 fully saturated rings. The molecular formula is C16H23NO2. The molecule has 2 N–H and O–H groups in total. The Hall–Kier alpha value is -1.48. The fourth-order valence-electron chi connectivity index (χ4n) is 2.66. The molecule has 104 valence electrons. The zero-order valence-electron chi connectivity index (χ0n) is 12.2. The second-order valence-corrected chi connectivity index (χ2v) is 5.31. The summed E-state index contributed by atoms with van der Waals surface area (Å²) in [7, 11) is 0. The van der Waals surface area contributed by atoms with Gasteiger partial charge in [-0.2, -0.15) is 0 Å². The van der Waals surface area contributed by atoms with E-state index < -0.39 is 5.92 Å². The van der Waals surface area contributed by atoms with Gasteiger partial charge in [0.15, 0.2) is 0 Å². The largest absolute Gasteiger partial charge is 0.330 e. The van der Waals surface area contributed by atoms with Crippen molar-refractivity contribution in [3.05, 3.63) is 34.4 Å². The molecule has 2 atom stereocenters. The van der Waals surface area contributed by atoms with Crippen LogP contribution in [0.3, 0.4) is 0 Å². The van der Waals surface area contributed by atoms with Crippen molar-refractivity contribution in [3.63, 3.8) is 0 Å². The quantitative estimate of drug-likeness (QED) is 0.632. The number of Topliss-reactive ketones (excluding diaryl/α,β-unsaturated/α-hetero) is 1. The lowest BCUT2D eigenvalue weighted by molar-refractivity contribution is -0.127. The summed E-state index contributed by atoms with van der Waals surface area (Å²) in [6.45, 7) is 8.22. The second kappa shape index (κ2) is 6.62. The molecule has 0 aliphatic heterocycles. The van der Waals surface area contributed by atoms with Crippen LogP contribution < -0.4 is 5.73 Å². The lowest BCUT2D eigenvalue weighted by Crippen LogP contribution is -2.24. The lowest BCUT2D eigenvalue weighted by Gasteiger charge is -2.19. The molecule has 2 unspecified atom stereocenters. The Morgan fingerprint density at radius 2 is 1.79 bits per heavy atom. The molecule has 1 aromatic rings. The average Bonchev–Trinajstić information content (AvgIpc) is 2.33. The first kappa shape index (κ1) is 15.6. The number of hydrogen-bond acceptors (Lipinski definition) is 3. The number of aryl methyl sites for hydroxylation is 3. The molecule has 0 amide bonds. The van der Waals surface area contributed by atoms with Crippen molar-refractivity contribution >= 4 is 12.1 Å². The zero-order chi connectivity index (χ0) is 14.6. The molecule has 1 rings (SSSR count). The molecule has 0 radical (unpaired) electrons. The highest BCUT2D eigenvalue weighted by Crippen LogP contribution is 2.27. The van der Waals surface area contributed by atoms with E-state index >= 15 is 0 Å². The number of nitrogens with two attached hydrogens (primary N) is 1. The molecule has 0 aliphatic carbocycles. The van der Waals surface area contributed by atoms with Crippen LogP contribution in [0.25, 0.3) is 0 Å². The molecule has 0 heterocycles. The first-order valence-electron chi connectivity index (χ1n) is 6.69. The Labute approximate surface area is 115 Å². The van der Waals surface area contributed by atoms with Crippen molar-refractivity contribution in [1.82, 2.24) is 0 Å². The number of carbonyl (C=O) groups excluding carboxylic acids is 2. The Kier molecular flexibility index (Phi) is 5.43. The lowest BCUT2D eigenvalue weighted by atomic mass is 9.83. The predicted octanol–water partition coefficient (Wildman–Crippen LogP) is 2.45. The summed E-state index contributed by atoms with van der Waals surface area (Å²) in [4.78, 5) is 23.8. The Balaban J connectivity index is 3.17. The predicted molar refractivity (Wildman–Crippen MR) is 77.3 cm³/mol. The number of carbonyl (C=O) groups is 2. The van der Waals surface area contributed by atoms with E-state index in [2.05, 4.69) is 0 Å². The van der Waals surface area contributed by atoms with Crippen molar-refractivity contribution < 1.29 is 9.59 Å². The van der Waals surface area contributed by atoms with Gasteiger partial charge in [0.25, 0.3) is 0 Å². The Bertz CT molecular complexity index is 457. The van der Waals surface area contributed by atoms with E-state index in [0.717, 1.165) is 28.5 Å². The van der Waals surface area contributed by atoms with E-state index in [1.807, 2.05) is 39.8 Å². The second-order valence-electron chi connectivity index (χ2n) is 5.31. The summed E-state index contributed by atoms with van der Waals surface area (Å²) in [5, 5.41) is 0. The maximum atomic E-state index is 12.4. The third-order valence-electron chi connectivity index (χ3n) is 3.58. The summed E-state index contributed by atoms with van der Waals surface area (Å²) < 4.78 is 0. The van der Waals surface area contributed by atoms with Gasteiger partial charge in [-0.25, -0.2) is 0 Å². The molecular weight excluding hydrogens is 238 g/mol. The number of hydrogen-bond donors (Lipinski definition) is 1. The average molecular weight is 261 g/mol. The van der Waals surface area contributed by atoms with E-state index in [0.29, 0.717) is 13.0 Å². The van der Waals surface area contributed by atoms with E-state index in [1.165, 1.54) is 0 Å². The van der Waals surface area contributed by atoms with Gasteiger partial charge >= 0.3 is 0 Å². The van der Waals surface area contributed by atoms with Crippen molar-refractivity contribution in [2.45, 2.75) is 40.0 Å². The molecule has 0 spiro atoms. The fourth-order valence-corrected chi connectivity index (χ4v) is 2.66. The van der Waals surface area contributed by atoms with Crippen LogP contribution >= 0.6 is 0 Å². The van der Waals surface area contributed by atoms with Crippen molar-refractivity contribution in [2.24, 2.45) is 11.7 Å². The van der Waals surface area contributed by atoms with Crippen molar-refractivity contribution in [2.75, 3.05) is 6.54 Å². The monoisotopic (exact) mass is 261 g/mol. The molecule has 0 aromatic heterocycles. The minimum Gasteiger partial charge on any atom is -0.330 e. The standard InChI is InChI=1S/C16H23NO2/c1-10-7-12(3)15(13(4)8-10)14(9-18)16(19)11(2)5-6-17/h7-9,11,14H,5-6,17H2,1-4H3. The van der Waals surface area contributed by atoms with Gasteiger partial charge in [0.1, 0.15) is 12.1 Å². The summed E-state index contributed by atoms with van der Waals surface area (Å²) in [5.74, 6) is -0.877. The summed E-state index contributed by atoms with van der Waals surface area (Å²) in [5.41, 5.74) is 9.49. The van der Waals surface area contributed by atoms with Crippen LogP contribution in [0.4, 0.5) is 0 Å². The van der Waals surface area contributed by atoms with E-state index in [9.17, 15) is 9.59 Å². The summed E-state index contributed by atoms with van der Waals surface area (Å²) in [6, 6.07) is 4.03. The molecule has 0 bridgehead atoms. The molecule has 0 aliphatic rings. The highest BCUT2D eigenvalue weighted by Gasteiger charge is 2.27. The van der Waals surface area contributed by atoms with Gasteiger partial charge in [0, 0.05) is 5.92 Å². The third kappa shape index (κ3) is 3.51. The van der Waals surface area contributed by atoms with Gasteiger partial charge in [-0.3, -0.25) is 4.79 Å². The van der Waals surface area contributed by atoms with Crippen LogP contribution in [-0.2, 0) is 9.59 Å². The van der Waals surface area contributed by atoms with E-state index in [-0.39, 0.29) is 11.7 Å². The van der Waals surface area contributed by atoms with Crippen molar-refractivity contribution in [1.29, 1.82) is 0 Å². The SMILES string of the molecule is Cc1cc(C)c(C(C=O)C(=O)C(C)CCN)c(C)c1. The summed E-state index contributed by atoms with van der Waals surface area (Å²) in [6.07, 6.45) is 1.38. The van der Waals surface area contributed by atoms with E-state index in [4.69, 9.17) is 5.73 Å². The van der Waals surface area contributed by atoms with Crippen LogP contribution in [0, 0.1) is 26.7 Å². The first-order valence-corrected chi connectivity index (χ1v) is 6.69. The molecule has 3 heteroatoms. The smallest absolute Gasteiger partial charge is 0.150 e. The Morgan fingerprint density at radius 1 is 1.26 bits per heavy atom. The zero-order valence-corrected chi connectivity index (χ0v) is 12.2. The van der Waals surface area contributed by atoms with Gasteiger partial charge in [-0.1, -0.05) is 24.6 Å². The van der Waals surface area contributed by atoms with Crippen LogP contribution in [-0.4, -0.2) is 18.6 Å². The van der Waals surface area contributed by atoms with Gasteiger partial charge in [0.05, 0.1) is 5.92 Å². The van der Waals surface area contributed by atoms with Gasteiger partial charge in [-0.15, -0.1) is 0 Å². The van der Waals surface area contributed by atoms with Gasteiger partial charge < -0.3 is 10.5 Å². The molecule has 1 aromatic carbocycles. The minimum absolute atomic E-state index is 0.0319. The van der Waals surface area contributed by atoms with Crippen LogP contribution in [0.1, 0.15) is 41.5 Å². The Morgan fingerprint density at radius 3 is 2.21 bits per heavy atom. The maximum absolute atomic E-state index is 12.4. The number of ketones is 1. The minimum atomic E-state index is -0.665. The molecule has 0 saturated heterocycles. The topological polar surface area (TPSA) is 60.2 Å². The van der Waals surface area contributed by atoms with Gasteiger partial charge in [0.2, 0.25) is 0 Å². The van der Waals surface area contributed by atoms with E-state index in [1.54, 1.807) is 0 Å². The highest BCUT2D eigenvalue weighted by molar-refractivity contribution is 6.00. The first-order chi connectivity index (χ1) is 8.92. The maximum Gasteiger partial charge on any atom is 0.150 e.